The van der Waals surface area contributed by atoms with E-state index in [-0.39, 0.29) is 0 Å². The quantitative estimate of drug-likeness (QED) is 0.180. The van der Waals surface area contributed by atoms with Crippen LogP contribution >= 0.6 is 0 Å². The summed E-state index contributed by atoms with van der Waals surface area (Å²) in [6.07, 6.45) is 1.92. The lowest BCUT2D eigenvalue weighted by molar-refractivity contribution is 0.965. The Morgan fingerprint density at radius 3 is 1.75 bits per heavy atom. The molecule has 8 aromatic carbocycles. The first-order valence-electron chi connectivity index (χ1n) is 19.1. The van der Waals surface area contributed by atoms with Gasteiger partial charge in [-0.1, -0.05) is 121 Å². The monoisotopic (exact) mass is 702 g/mol. The van der Waals surface area contributed by atoms with Gasteiger partial charge in [0.1, 0.15) is 0 Å². The van der Waals surface area contributed by atoms with Gasteiger partial charge in [-0.2, -0.15) is 4.98 Å². The third kappa shape index (κ3) is 4.34. The molecule has 3 heterocycles. The number of para-hydroxylation sites is 4. The van der Waals surface area contributed by atoms with Crippen LogP contribution < -0.4 is 0 Å². The number of nitrogens with zero attached hydrogens (tertiary/aromatic N) is 4. The van der Waals surface area contributed by atoms with E-state index < -0.39 is 0 Å². The molecule has 4 nitrogen and oxygen atoms in total. The fraction of sp³-hybridized carbons (Fsp3) is 0.0588. The Kier molecular flexibility index (Phi) is 6.35. The average Bonchev–Trinajstić information content (AvgIpc) is 3.75. The Bertz CT molecular complexity index is 3350. The molecule has 258 valence electrons. The molecule has 0 amide bonds. The summed E-state index contributed by atoms with van der Waals surface area (Å²) < 4.78 is 4.67. The maximum absolute atomic E-state index is 5.63. The van der Waals surface area contributed by atoms with Crippen molar-refractivity contribution in [3.05, 3.63) is 180 Å². The molecule has 1 aliphatic carbocycles. The van der Waals surface area contributed by atoms with Crippen LogP contribution in [-0.4, -0.2) is 19.1 Å². The Hall–Kier alpha value is -7.04. The first-order chi connectivity index (χ1) is 27.2. The lowest BCUT2D eigenvalue weighted by Gasteiger charge is -2.19. The van der Waals surface area contributed by atoms with Gasteiger partial charge in [-0.3, -0.25) is 9.13 Å². The van der Waals surface area contributed by atoms with Crippen molar-refractivity contribution in [2.45, 2.75) is 19.8 Å². The Morgan fingerprint density at radius 1 is 0.436 bits per heavy atom. The van der Waals surface area contributed by atoms with Crippen LogP contribution in [0.3, 0.4) is 0 Å². The summed E-state index contributed by atoms with van der Waals surface area (Å²) in [6.45, 7) is 2.32. The molecule has 0 fully saturated rings. The molecule has 4 heteroatoms. The van der Waals surface area contributed by atoms with E-state index in [2.05, 4.69) is 180 Å². The SMILES string of the molecule is Cc1c2cc3c4ccccc4n(-c4nc(-n5c6ccccc6c6ccccc65)c5ccccc5n4)c3c1-c1ccccc1CCc1cc3ccccc3cc1-2. The molecular formula is C51H34N4. The maximum Gasteiger partial charge on any atom is 0.237 e. The molecule has 0 saturated carbocycles. The summed E-state index contributed by atoms with van der Waals surface area (Å²) in [5.41, 5.74) is 14.5. The van der Waals surface area contributed by atoms with Gasteiger partial charge in [0, 0.05) is 32.5 Å². The highest BCUT2D eigenvalue weighted by Gasteiger charge is 2.27. The van der Waals surface area contributed by atoms with Crippen LogP contribution in [0.25, 0.3) is 99.3 Å². The van der Waals surface area contributed by atoms with E-state index in [1.54, 1.807) is 0 Å². The third-order valence-corrected chi connectivity index (χ3v) is 12.0. The normalized spacial score (nSPS) is 12.7. The van der Waals surface area contributed by atoms with Crippen LogP contribution in [0.4, 0.5) is 0 Å². The molecule has 1 aliphatic rings. The molecule has 0 atom stereocenters. The fourth-order valence-electron chi connectivity index (χ4n) is 9.50. The smallest absolute Gasteiger partial charge is 0.237 e. The molecule has 0 unspecified atom stereocenters. The molecular weight excluding hydrogens is 669 g/mol. The van der Waals surface area contributed by atoms with Crippen molar-refractivity contribution in [1.29, 1.82) is 0 Å². The zero-order valence-corrected chi connectivity index (χ0v) is 30.3. The molecule has 0 spiro atoms. The average molecular weight is 703 g/mol. The Labute approximate surface area is 317 Å². The molecule has 55 heavy (non-hydrogen) atoms. The van der Waals surface area contributed by atoms with Gasteiger partial charge in [-0.05, 0) is 106 Å². The van der Waals surface area contributed by atoms with E-state index in [9.17, 15) is 0 Å². The first kappa shape index (κ1) is 30.4. The van der Waals surface area contributed by atoms with Gasteiger partial charge in [0.15, 0.2) is 5.82 Å². The van der Waals surface area contributed by atoms with Gasteiger partial charge in [-0.25, -0.2) is 4.98 Å². The molecule has 0 aliphatic heterocycles. The van der Waals surface area contributed by atoms with Crippen molar-refractivity contribution in [2.75, 3.05) is 0 Å². The van der Waals surface area contributed by atoms with Crippen molar-refractivity contribution in [2.24, 2.45) is 0 Å². The van der Waals surface area contributed by atoms with Gasteiger partial charge in [0.2, 0.25) is 5.95 Å². The fourth-order valence-corrected chi connectivity index (χ4v) is 9.50. The summed E-state index contributed by atoms with van der Waals surface area (Å²) >= 11 is 0. The van der Waals surface area contributed by atoms with Crippen molar-refractivity contribution in [1.82, 2.24) is 19.1 Å². The van der Waals surface area contributed by atoms with E-state index >= 15 is 0 Å². The molecule has 2 bridgehead atoms. The van der Waals surface area contributed by atoms with Crippen LogP contribution in [0.1, 0.15) is 16.7 Å². The summed E-state index contributed by atoms with van der Waals surface area (Å²) in [6, 6.07) is 59.6. The zero-order chi connectivity index (χ0) is 36.2. The largest absolute Gasteiger partial charge is 0.293 e. The van der Waals surface area contributed by atoms with Gasteiger partial charge >= 0.3 is 0 Å². The minimum Gasteiger partial charge on any atom is -0.293 e. The Balaban J connectivity index is 1.24. The van der Waals surface area contributed by atoms with Gasteiger partial charge in [0.05, 0.1) is 27.6 Å². The number of aromatic nitrogens is 4. The van der Waals surface area contributed by atoms with Crippen molar-refractivity contribution in [3.63, 3.8) is 0 Å². The van der Waals surface area contributed by atoms with E-state index in [0.717, 1.165) is 51.6 Å². The maximum atomic E-state index is 5.63. The second kappa shape index (κ2) is 11.5. The lowest BCUT2D eigenvalue weighted by Crippen LogP contribution is -2.08. The zero-order valence-electron chi connectivity index (χ0n) is 30.3. The number of aryl methyl sites for hydroxylation is 2. The molecule has 12 rings (SSSR count). The van der Waals surface area contributed by atoms with Gasteiger partial charge < -0.3 is 0 Å². The standard InChI is InChI=1S/C51H34N4/c1-31-41-30-43-39-20-9-13-25-47(39)55(49(43)48(31)36-17-5-4-14-32(36)26-27-35-28-33-15-2-3-16-34(33)29-42(35)41)51-52-44-22-10-6-21-40(44)50(53-51)54-45-23-11-7-18-37(45)38-19-8-12-24-46(38)54/h2-25,28-30H,26-27H2,1H3. The predicted molar refractivity (Wildman–Crippen MR) is 229 cm³/mol. The molecule has 3 aromatic heterocycles. The summed E-state index contributed by atoms with van der Waals surface area (Å²) in [5, 5.41) is 8.38. The second-order valence-electron chi connectivity index (χ2n) is 14.9. The number of rotatable bonds is 2. The highest BCUT2D eigenvalue weighted by Crippen LogP contribution is 2.47. The van der Waals surface area contributed by atoms with E-state index in [1.165, 1.54) is 71.3 Å². The predicted octanol–water partition coefficient (Wildman–Crippen LogP) is 12.7. The number of hydrogen-bond acceptors (Lipinski definition) is 2. The minimum atomic E-state index is 0.661. The van der Waals surface area contributed by atoms with Crippen LogP contribution in [0.15, 0.2) is 164 Å². The third-order valence-electron chi connectivity index (χ3n) is 12.0. The van der Waals surface area contributed by atoms with Crippen molar-refractivity contribution in [3.8, 4) is 34.0 Å². The molecule has 0 radical (unpaired) electrons. The van der Waals surface area contributed by atoms with Crippen LogP contribution in [0.2, 0.25) is 0 Å². The molecule has 11 aromatic rings. The Morgan fingerprint density at radius 2 is 1.00 bits per heavy atom. The summed E-state index contributed by atoms with van der Waals surface area (Å²) in [5.74, 6) is 1.53. The molecule has 0 N–H and O–H groups in total. The van der Waals surface area contributed by atoms with Crippen LogP contribution in [0.5, 0.6) is 0 Å². The van der Waals surface area contributed by atoms with Crippen LogP contribution in [0, 0.1) is 6.92 Å². The highest BCUT2D eigenvalue weighted by molar-refractivity contribution is 6.17. The van der Waals surface area contributed by atoms with Crippen molar-refractivity contribution < 1.29 is 0 Å². The minimum absolute atomic E-state index is 0.661. The number of fused-ring (bicyclic) bond motifs is 15. The summed E-state index contributed by atoms with van der Waals surface area (Å²) in [7, 11) is 0. The van der Waals surface area contributed by atoms with Crippen molar-refractivity contribution >= 4 is 65.3 Å². The highest BCUT2D eigenvalue weighted by atomic mass is 15.2. The lowest BCUT2D eigenvalue weighted by atomic mass is 9.87. The van der Waals surface area contributed by atoms with Crippen LogP contribution in [-0.2, 0) is 12.8 Å². The number of hydrogen-bond donors (Lipinski definition) is 0. The van der Waals surface area contributed by atoms with Gasteiger partial charge in [0.25, 0.3) is 0 Å². The van der Waals surface area contributed by atoms with E-state index in [0.29, 0.717) is 5.95 Å². The second-order valence-corrected chi connectivity index (χ2v) is 14.9. The first-order valence-corrected chi connectivity index (χ1v) is 19.1. The molecule has 0 saturated heterocycles. The topological polar surface area (TPSA) is 35.6 Å². The van der Waals surface area contributed by atoms with E-state index in [1.807, 2.05) is 0 Å². The summed E-state index contributed by atoms with van der Waals surface area (Å²) in [4.78, 5) is 11.1. The van der Waals surface area contributed by atoms with Gasteiger partial charge in [-0.15, -0.1) is 0 Å². The van der Waals surface area contributed by atoms with E-state index in [4.69, 9.17) is 9.97 Å². The number of benzene rings is 8.